The van der Waals surface area contributed by atoms with Gasteiger partial charge in [0.05, 0.1) is 0 Å². The number of amidine groups is 1. The number of hydrogen-bond acceptors (Lipinski definition) is 2. The van der Waals surface area contributed by atoms with E-state index in [-0.39, 0.29) is 11.3 Å². The zero-order valence-electron chi connectivity index (χ0n) is 7.44. The first-order chi connectivity index (χ1) is 6.42. The summed E-state index contributed by atoms with van der Waals surface area (Å²) in [6.07, 6.45) is -4.22. The minimum Gasteiger partial charge on any atom is -0.361 e. The number of hydrogen-bond donors (Lipinski definition) is 1. The molecular formula is C7H10BrF3N2S. The number of nitrogens with zero attached hydrogens (tertiary/aromatic N) is 1. The Labute approximate surface area is 92.9 Å². The molecule has 1 saturated heterocycles. The predicted octanol–water partition coefficient (Wildman–Crippen LogP) is 2.39. The van der Waals surface area contributed by atoms with Crippen molar-refractivity contribution in [2.75, 3.05) is 11.9 Å². The highest BCUT2D eigenvalue weighted by Gasteiger charge is 2.30. The van der Waals surface area contributed by atoms with Crippen molar-refractivity contribution in [1.29, 1.82) is 0 Å². The molecule has 1 fully saturated rings. The lowest BCUT2D eigenvalue weighted by molar-refractivity contribution is -0.118. The van der Waals surface area contributed by atoms with Gasteiger partial charge in [-0.3, -0.25) is 4.99 Å². The highest BCUT2D eigenvalue weighted by atomic mass is 79.9. The first-order valence-electron chi connectivity index (χ1n) is 4.03. The predicted molar refractivity (Wildman–Crippen MR) is 56.1 cm³/mol. The Kier molecular flexibility index (Phi) is 4.12. The second-order valence-electron chi connectivity index (χ2n) is 2.98. The summed E-state index contributed by atoms with van der Waals surface area (Å²) in [6.45, 7) is 0.819. The summed E-state index contributed by atoms with van der Waals surface area (Å²) in [5.74, 6) is 0. The maximum absolute atomic E-state index is 11.8. The minimum absolute atomic E-state index is 0.159. The van der Waals surface area contributed by atoms with E-state index in [0.717, 1.165) is 5.33 Å². The molecule has 1 aliphatic heterocycles. The fraction of sp³-hybridized carbons (Fsp3) is 0.857. The Bertz CT molecular complexity index is 231. The van der Waals surface area contributed by atoms with Crippen molar-refractivity contribution in [2.45, 2.75) is 24.4 Å². The average molecular weight is 291 g/mol. The van der Waals surface area contributed by atoms with Crippen LogP contribution >= 0.6 is 27.7 Å². The van der Waals surface area contributed by atoms with Gasteiger partial charge in [0.1, 0.15) is 6.54 Å². The molecule has 0 aliphatic carbocycles. The zero-order chi connectivity index (χ0) is 10.8. The van der Waals surface area contributed by atoms with Gasteiger partial charge in [-0.1, -0.05) is 27.7 Å². The van der Waals surface area contributed by atoms with Gasteiger partial charge in [0.15, 0.2) is 5.17 Å². The minimum atomic E-state index is -4.22. The van der Waals surface area contributed by atoms with Gasteiger partial charge >= 0.3 is 6.18 Å². The van der Waals surface area contributed by atoms with E-state index >= 15 is 0 Å². The normalized spacial score (nSPS) is 30.8. The van der Waals surface area contributed by atoms with E-state index in [1.165, 1.54) is 11.8 Å². The number of nitrogens with one attached hydrogen (secondary N) is 1. The molecule has 0 bridgehead atoms. The van der Waals surface area contributed by atoms with Gasteiger partial charge < -0.3 is 5.32 Å². The van der Waals surface area contributed by atoms with Crippen LogP contribution in [0.5, 0.6) is 0 Å². The third kappa shape index (κ3) is 3.68. The summed E-state index contributed by atoms with van der Waals surface area (Å²) in [6, 6.07) is 0.159. The van der Waals surface area contributed by atoms with Crippen LogP contribution < -0.4 is 5.32 Å². The molecule has 0 aromatic rings. The lowest BCUT2D eigenvalue weighted by atomic mass is 10.3. The van der Waals surface area contributed by atoms with Crippen LogP contribution in [0.1, 0.15) is 6.92 Å². The highest BCUT2D eigenvalue weighted by Crippen LogP contribution is 2.25. The van der Waals surface area contributed by atoms with E-state index in [0.29, 0.717) is 5.17 Å². The molecule has 2 atom stereocenters. The quantitative estimate of drug-likeness (QED) is 0.790. The summed E-state index contributed by atoms with van der Waals surface area (Å²) in [4.78, 5) is 3.47. The first-order valence-corrected chi connectivity index (χ1v) is 6.03. The van der Waals surface area contributed by atoms with E-state index in [9.17, 15) is 13.2 Å². The van der Waals surface area contributed by atoms with E-state index in [2.05, 4.69) is 26.2 Å². The fourth-order valence-corrected chi connectivity index (χ4v) is 2.95. The molecule has 7 heteroatoms. The van der Waals surface area contributed by atoms with Gasteiger partial charge in [0.2, 0.25) is 0 Å². The number of thioether (sulfide) groups is 1. The van der Waals surface area contributed by atoms with E-state index < -0.39 is 12.7 Å². The van der Waals surface area contributed by atoms with Crippen LogP contribution in [0.3, 0.4) is 0 Å². The highest BCUT2D eigenvalue weighted by molar-refractivity contribution is 9.09. The standard InChI is InChI=1S/C7H10BrF3N2S/c1-4-5(2-8)14-6(13-4)12-3-7(9,10)11/h4-5H,2-3H2,1H3,(H,12,13). The number of halogens is 4. The van der Waals surface area contributed by atoms with Gasteiger partial charge in [-0.05, 0) is 6.92 Å². The maximum atomic E-state index is 11.8. The van der Waals surface area contributed by atoms with Crippen molar-refractivity contribution in [1.82, 2.24) is 5.32 Å². The molecule has 0 aromatic heterocycles. The zero-order valence-corrected chi connectivity index (χ0v) is 9.84. The molecule has 1 heterocycles. The Balaban J connectivity index is 2.48. The molecule has 0 radical (unpaired) electrons. The average Bonchev–Trinajstić information content (AvgIpc) is 2.42. The molecule has 0 spiro atoms. The van der Waals surface area contributed by atoms with Gasteiger partial charge in [-0.2, -0.15) is 13.2 Å². The van der Waals surface area contributed by atoms with Crippen LogP contribution in [0.25, 0.3) is 0 Å². The molecular weight excluding hydrogens is 281 g/mol. The van der Waals surface area contributed by atoms with E-state index in [1.54, 1.807) is 0 Å². The lowest BCUT2D eigenvalue weighted by Crippen LogP contribution is -2.29. The van der Waals surface area contributed by atoms with Gasteiger partial charge in [-0.15, -0.1) is 0 Å². The monoisotopic (exact) mass is 290 g/mol. The molecule has 1 aliphatic rings. The van der Waals surface area contributed by atoms with Crippen molar-refractivity contribution in [2.24, 2.45) is 4.99 Å². The topological polar surface area (TPSA) is 24.4 Å². The number of aliphatic imine (C=N–C) groups is 1. The second-order valence-corrected chi connectivity index (χ2v) is 4.86. The summed E-state index contributed by atoms with van der Waals surface area (Å²) in [5.41, 5.74) is 0. The molecule has 2 unspecified atom stereocenters. The molecule has 82 valence electrons. The molecule has 1 N–H and O–H groups in total. The van der Waals surface area contributed by atoms with Crippen LogP contribution in [0.2, 0.25) is 0 Å². The number of rotatable bonds is 2. The van der Waals surface area contributed by atoms with Crippen molar-refractivity contribution in [3.8, 4) is 0 Å². The van der Waals surface area contributed by atoms with Crippen LogP contribution in [-0.4, -0.2) is 34.5 Å². The van der Waals surface area contributed by atoms with Crippen LogP contribution in [0, 0.1) is 0 Å². The van der Waals surface area contributed by atoms with Crippen LogP contribution in [-0.2, 0) is 0 Å². The second kappa shape index (κ2) is 4.74. The summed E-state index contributed by atoms with van der Waals surface area (Å²) >= 11 is 4.65. The SMILES string of the molecule is CC1NC(=NCC(F)(F)F)SC1CBr. The van der Waals surface area contributed by atoms with Gasteiger partial charge in [0.25, 0.3) is 0 Å². The first kappa shape index (κ1) is 12.2. The molecule has 0 saturated carbocycles. The molecule has 14 heavy (non-hydrogen) atoms. The number of alkyl halides is 4. The third-order valence-corrected chi connectivity index (χ3v) is 4.20. The Morgan fingerprint density at radius 2 is 2.21 bits per heavy atom. The Morgan fingerprint density at radius 1 is 1.57 bits per heavy atom. The van der Waals surface area contributed by atoms with Gasteiger partial charge in [-0.25, -0.2) is 0 Å². The van der Waals surface area contributed by atoms with E-state index in [4.69, 9.17) is 0 Å². The lowest BCUT2D eigenvalue weighted by Gasteiger charge is -2.07. The van der Waals surface area contributed by atoms with Crippen LogP contribution in [0.15, 0.2) is 4.99 Å². The maximum Gasteiger partial charge on any atom is 0.408 e. The largest absolute Gasteiger partial charge is 0.408 e. The fourth-order valence-electron chi connectivity index (χ4n) is 0.977. The Morgan fingerprint density at radius 3 is 2.64 bits per heavy atom. The van der Waals surface area contributed by atoms with Crippen molar-refractivity contribution in [3.05, 3.63) is 0 Å². The molecule has 0 aromatic carbocycles. The van der Waals surface area contributed by atoms with Crippen LogP contribution in [0.4, 0.5) is 13.2 Å². The van der Waals surface area contributed by atoms with Crippen molar-refractivity contribution >= 4 is 32.9 Å². The summed E-state index contributed by atoms with van der Waals surface area (Å²) < 4.78 is 35.5. The van der Waals surface area contributed by atoms with Crippen molar-refractivity contribution < 1.29 is 13.2 Å². The summed E-state index contributed by atoms with van der Waals surface area (Å²) in [5, 5.41) is 4.30. The smallest absolute Gasteiger partial charge is 0.361 e. The van der Waals surface area contributed by atoms with E-state index in [1.807, 2.05) is 6.92 Å². The molecule has 1 rings (SSSR count). The van der Waals surface area contributed by atoms with Gasteiger partial charge in [0, 0.05) is 16.6 Å². The molecule has 2 nitrogen and oxygen atoms in total. The Hall–Kier alpha value is 0.0900. The molecule has 0 amide bonds. The van der Waals surface area contributed by atoms with Crippen molar-refractivity contribution in [3.63, 3.8) is 0 Å². The third-order valence-electron chi connectivity index (χ3n) is 1.73. The summed E-state index contributed by atoms with van der Waals surface area (Å²) in [7, 11) is 0.